The van der Waals surface area contributed by atoms with E-state index < -0.39 is 0 Å². The van der Waals surface area contributed by atoms with Crippen LogP contribution in [0.3, 0.4) is 0 Å². The van der Waals surface area contributed by atoms with Gasteiger partial charge in [-0.05, 0) is 37.9 Å². The highest BCUT2D eigenvalue weighted by Gasteiger charge is 2.26. The number of hydrogen-bond acceptors (Lipinski definition) is 2. The van der Waals surface area contributed by atoms with Gasteiger partial charge in [-0.15, -0.1) is 0 Å². The van der Waals surface area contributed by atoms with Crippen molar-refractivity contribution < 1.29 is 0 Å². The molecule has 1 fully saturated rings. The van der Waals surface area contributed by atoms with E-state index in [4.69, 9.17) is 12.2 Å². The van der Waals surface area contributed by atoms with Crippen LogP contribution in [0.15, 0.2) is 0 Å². The highest BCUT2D eigenvalue weighted by molar-refractivity contribution is 7.71. The number of nitrogens with one attached hydrogen (secondary N) is 1. The van der Waals surface area contributed by atoms with Crippen LogP contribution in [-0.4, -0.2) is 14.8 Å². The van der Waals surface area contributed by atoms with Crippen molar-refractivity contribution in [1.82, 2.24) is 14.8 Å². The van der Waals surface area contributed by atoms with Crippen molar-refractivity contribution in [2.75, 3.05) is 0 Å². The Morgan fingerprint density at radius 2 is 2.20 bits per heavy atom. The first-order valence-electron chi connectivity index (χ1n) is 5.87. The Labute approximate surface area is 95.9 Å². The topological polar surface area (TPSA) is 33.6 Å². The number of H-pyrrole nitrogens is 1. The first kappa shape index (κ1) is 10.9. The van der Waals surface area contributed by atoms with Gasteiger partial charge in [0, 0.05) is 6.04 Å². The molecule has 2 rings (SSSR count). The Morgan fingerprint density at radius 1 is 1.47 bits per heavy atom. The fourth-order valence-corrected chi connectivity index (χ4v) is 3.09. The van der Waals surface area contributed by atoms with Gasteiger partial charge in [-0.25, -0.2) is 0 Å². The molecular weight excluding hydrogens is 206 g/mol. The highest BCUT2D eigenvalue weighted by Crippen LogP contribution is 2.36. The normalized spacial score (nSPS) is 26.8. The molecule has 0 spiro atoms. The summed E-state index contributed by atoms with van der Waals surface area (Å²) < 4.78 is 3.01. The van der Waals surface area contributed by atoms with Gasteiger partial charge in [0.25, 0.3) is 0 Å². The zero-order chi connectivity index (χ0) is 10.8. The van der Waals surface area contributed by atoms with Gasteiger partial charge in [-0.3, -0.25) is 5.10 Å². The van der Waals surface area contributed by atoms with Gasteiger partial charge in [0.05, 0.1) is 0 Å². The maximum absolute atomic E-state index is 5.30. The van der Waals surface area contributed by atoms with E-state index in [1.54, 1.807) is 0 Å². The zero-order valence-corrected chi connectivity index (χ0v) is 10.3. The summed E-state index contributed by atoms with van der Waals surface area (Å²) in [5.74, 6) is 1.81. The third-order valence-corrected chi connectivity index (χ3v) is 3.89. The summed E-state index contributed by atoms with van der Waals surface area (Å²) in [5.41, 5.74) is 0. The van der Waals surface area contributed by atoms with E-state index >= 15 is 0 Å². The van der Waals surface area contributed by atoms with Gasteiger partial charge in [-0.1, -0.05) is 26.2 Å². The third-order valence-electron chi connectivity index (χ3n) is 3.61. The molecule has 0 saturated heterocycles. The Bertz CT molecular complexity index is 379. The molecule has 1 aromatic rings. The molecule has 3 nitrogen and oxygen atoms in total. The number of rotatable bonds is 2. The second kappa shape index (κ2) is 4.47. The minimum Gasteiger partial charge on any atom is -0.301 e. The predicted octanol–water partition coefficient (Wildman–Crippen LogP) is 3.39. The molecular formula is C11H19N3S. The summed E-state index contributed by atoms with van der Waals surface area (Å²) in [6.07, 6.45) is 6.55. The quantitative estimate of drug-likeness (QED) is 0.783. The molecule has 15 heavy (non-hydrogen) atoms. The van der Waals surface area contributed by atoms with Gasteiger partial charge in [0.1, 0.15) is 5.82 Å². The molecule has 0 aromatic carbocycles. The Balaban J connectivity index is 2.32. The summed E-state index contributed by atoms with van der Waals surface area (Å²) >= 11 is 5.30. The van der Waals surface area contributed by atoms with E-state index in [1.807, 2.05) is 6.92 Å². The summed E-state index contributed by atoms with van der Waals surface area (Å²) in [5, 5.41) is 7.10. The fraction of sp³-hybridized carbons (Fsp3) is 0.818. The average Bonchev–Trinajstić information content (AvgIpc) is 2.59. The number of nitrogens with zero attached hydrogens (tertiary/aromatic N) is 2. The number of aromatic nitrogens is 3. The van der Waals surface area contributed by atoms with E-state index in [9.17, 15) is 0 Å². The second-order valence-corrected chi connectivity index (χ2v) is 4.85. The van der Waals surface area contributed by atoms with Crippen molar-refractivity contribution in [1.29, 1.82) is 0 Å². The maximum atomic E-state index is 5.30. The van der Waals surface area contributed by atoms with Crippen LogP contribution in [0.5, 0.6) is 0 Å². The molecule has 1 heterocycles. The molecule has 0 amide bonds. The van der Waals surface area contributed by atoms with Crippen LogP contribution >= 0.6 is 12.2 Å². The number of aromatic amines is 1. The van der Waals surface area contributed by atoms with Gasteiger partial charge in [0.15, 0.2) is 4.77 Å². The molecule has 1 aliphatic rings. The van der Waals surface area contributed by atoms with Crippen molar-refractivity contribution in [3.05, 3.63) is 10.6 Å². The third kappa shape index (κ3) is 2.00. The molecule has 1 N–H and O–H groups in total. The van der Waals surface area contributed by atoms with Gasteiger partial charge in [0.2, 0.25) is 0 Å². The average molecular weight is 225 g/mol. The molecule has 0 aliphatic heterocycles. The van der Waals surface area contributed by atoms with Crippen LogP contribution in [-0.2, 0) is 0 Å². The van der Waals surface area contributed by atoms with Gasteiger partial charge in [-0.2, -0.15) is 5.10 Å². The minimum atomic E-state index is 0.579. The summed E-state index contributed by atoms with van der Waals surface area (Å²) in [6.45, 7) is 4.32. The SMILES string of the molecule is CCC1CCCCC1n1c(C)n[nH]c1=S. The second-order valence-electron chi connectivity index (χ2n) is 4.47. The first-order chi connectivity index (χ1) is 7.24. The smallest absolute Gasteiger partial charge is 0.195 e. The van der Waals surface area contributed by atoms with Crippen molar-refractivity contribution in [2.45, 2.75) is 52.0 Å². The van der Waals surface area contributed by atoms with E-state index in [0.29, 0.717) is 6.04 Å². The van der Waals surface area contributed by atoms with Crippen molar-refractivity contribution in [2.24, 2.45) is 5.92 Å². The lowest BCUT2D eigenvalue weighted by atomic mass is 9.82. The minimum absolute atomic E-state index is 0.579. The van der Waals surface area contributed by atoms with E-state index in [-0.39, 0.29) is 0 Å². The highest BCUT2D eigenvalue weighted by atomic mass is 32.1. The molecule has 4 heteroatoms. The molecule has 1 saturated carbocycles. The van der Waals surface area contributed by atoms with Gasteiger partial charge >= 0.3 is 0 Å². The van der Waals surface area contributed by atoms with Crippen molar-refractivity contribution >= 4 is 12.2 Å². The first-order valence-corrected chi connectivity index (χ1v) is 6.28. The van der Waals surface area contributed by atoms with Crippen LogP contribution in [0.1, 0.15) is 50.9 Å². The molecule has 1 aliphatic carbocycles. The Kier molecular flexibility index (Phi) is 3.24. The van der Waals surface area contributed by atoms with Crippen molar-refractivity contribution in [3.8, 4) is 0 Å². The lowest BCUT2D eigenvalue weighted by Crippen LogP contribution is -2.23. The van der Waals surface area contributed by atoms with E-state index in [0.717, 1.165) is 16.5 Å². The van der Waals surface area contributed by atoms with Crippen LogP contribution in [0.4, 0.5) is 0 Å². The molecule has 2 unspecified atom stereocenters. The van der Waals surface area contributed by atoms with Crippen LogP contribution < -0.4 is 0 Å². The largest absolute Gasteiger partial charge is 0.301 e. The fourth-order valence-electron chi connectivity index (χ4n) is 2.78. The molecule has 2 atom stereocenters. The van der Waals surface area contributed by atoms with Crippen LogP contribution in [0.25, 0.3) is 0 Å². The van der Waals surface area contributed by atoms with Crippen LogP contribution in [0, 0.1) is 17.6 Å². The summed E-state index contributed by atoms with van der Waals surface area (Å²) in [4.78, 5) is 0. The maximum Gasteiger partial charge on any atom is 0.195 e. The van der Waals surface area contributed by atoms with Gasteiger partial charge < -0.3 is 4.57 Å². The lowest BCUT2D eigenvalue weighted by molar-refractivity contribution is 0.228. The molecule has 0 radical (unpaired) electrons. The Morgan fingerprint density at radius 3 is 2.80 bits per heavy atom. The monoisotopic (exact) mass is 225 g/mol. The van der Waals surface area contributed by atoms with E-state index in [1.165, 1.54) is 32.1 Å². The number of hydrogen-bond donors (Lipinski definition) is 1. The van der Waals surface area contributed by atoms with E-state index in [2.05, 4.69) is 21.7 Å². The molecule has 0 bridgehead atoms. The zero-order valence-electron chi connectivity index (χ0n) is 9.49. The standard InChI is InChI=1S/C11H19N3S/c1-3-9-6-4-5-7-10(9)14-8(2)12-13-11(14)15/h9-10H,3-7H2,1-2H3,(H,13,15). The lowest BCUT2D eigenvalue weighted by Gasteiger charge is -2.32. The summed E-state index contributed by atoms with van der Waals surface area (Å²) in [6, 6.07) is 0.579. The Hall–Kier alpha value is -0.640. The summed E-state index contributed by atoms with van der Waals surface area (Å²) in [7, 11) is 0. The van der Waals surface area contributed by atoms with Crippen LogP contribution in [0.2, 0.25) is 0 Å². The number of aryl methyl sites for hydroxylation is 1. The molecule has 84 valence electrons. The van der Waals surface area contributed by atoms with Crippen molar-refractivity contribution in [3.63, 3.8) is 0 Å². The predicted molar refractivity (Wildman–Crippen MR) is 63.4 cm³/mol. The molecule has 1 aromatic heterocycles.